The fraction of sp³-hybridized carbons (Fsp3) is 0.500. The van der Waals surface area contributed by atoms with Gasteiger partial charge in [0.05, 0.1) is 5.54 Å². The summed E-state index contributed by atoms with van der Waals surface area (Å²) in [6, 6.07) is 10.1. The van der Waals surface area contributed by atoms with E-state index in [9.17, 15) is 4.39 Å². The van der Waals surface area contributed by atoms with Crippen LogP contribution in [0.5, 0.6) is 0 Å². The monoisotopic (exact) mass is 193 g/mol. The van der Waals surface area contributed by atoms with Crippen LogP contribution in [-0.2, 0) is 6.42 Å². The molecule has 1 aromatic rings. The van der Waals surface area contributed by atoms with Crippen molar-refractivity contribution in [1.29, 1.82) is 0 Å². The molecule has 1 fully saturated rings. The lowest BCUT2D eigenvalue weighted by Gasteiger charge is -2.26. The summed E-state index contributed by atoms with van der Waals surface area (Å²) in [7, 11) is 0. The zero-order valence-corrected chi connectivity index (χ0v) is 8.30. The molecule has 1 nitrogen and oxygen atoms in total. The molecule has 0 amide bonds. The Morgan fingerprint density at radius 1 is 1.29 bits per heavy atom. The Kier molecular flexibility index (Phi) is 2.82. The van der Waals surface area contributed by atoms with Gasteiger partial charge in [-0.15, -0.1) is 0 Å². The van der Waals surface area contributed by atoms with E-state index in [0.29, 0.717) is 0 Å². The van der Waals surface area contributed by atoms with Crippen molar-refractivity contribution in [3.8, 4) is 0 Å². The van der Waals surface area contributed by atoms with Crippen molar-refractivity contribution in [1.82, 2.24) is 5.32 Å². The van der Waals surface area contributed by atoms with Crippen molar-refractivity contribution < 1.29 is 4.39 Å². The second-order valence-electron chi connectivity index (χ2n) is 4.11. The summed E-state index contributed by atoms with van der Waals surface area (Å²) in [5.74, 6) is 0. The molecule has 1 aromatic carbocycles. The predicted octanol–water partition coefficient (Wildman–Crippen LogP) is 2.32. The molecule has 1 unspecified atom stereocenters. The molecule has 76 valence electrons. The van der Waals surface area contributed by atoms with E-state index < -0.39 is 0 Å². The summed E-state index contributed by atoms with van der Waals surface area (Å²) < 4.78 is 13.0. The summed E-state index contributed by atoms with van der Waals surface area (Å²) >= 11 is 0. The second kappa shape index (κ2) is 4.09. The van der Waals surface area contributed by atoms with Crippen LogP contribution in [0.4, 0.5) is 4.39 Å². The van der Waals surface area contributed by atoms with Gasteiger partial charge < -0.3 is 5.32 Å². The van der Waals surface area contributed by atoms with Crippen LogP contribution in [0.3, 0.4) is 0 Å². The first-order valence-corrected chi connectivity index (χ1v) is 5.20. The highest BCUT2D eigenvalue weighted by molar-refractivity contribution is 5.18. The summed E-state index contributed by atoms with van der Waals surface area (Å²) in [5.41, 5.74) is 0.945. The van der Waals surface area contributed by atoms with Gasteiger partial charge >= 0.3 is 0 Å². The maximum absolute atomic E-state index is 13.0. The second-order valence-corrected chi connectivity index (χ2v) is 4.11. The Labute approximate surface area is 84.3 Å². The number of halogens is 1. The molecule has 0 bridgehead atoms. The minimum absolute atomic E-state index is 0.262. The standard InChI is InChI=1S/C12H16FN/c13-10-12(7-4-8-14-12)9-11-5-2-1-3-6-11/h1-3,5-6,14H,4,7-10H2. The number of alkyl halides is 1. The summed E-state index contributed by atoms with van der Waals surface area (Å²) in [5, 5.41) is 3.29. The molecular formula is C12H16FN. The summed E-state index contributed by atoms with van der Waals surface area (Å²) in [6.07, 6.45) is 2.86. The highest BCUT2D eigenvalue weighted by Crippen LogP contribution is 2.24. The molecule has 2 heteroatoms. The summed E-state index contributed by atoms with van der Waals surface area (Å²) in [6.45, 7) is 0.693. The SMILES string of the molecule is FCC1(Cc2ccccc2)CCCN1. The van der Waals surface area contributed by atoms with Crippen molar-refractivity contribution in [2.45, 2.75) is 24.8 Å². The molecule has 14 heavy (non-hydrogen) atoms. The van der Waals surface area contributed by atoms with E-state index in [4.69, 9.17) is 0 Å². The van der Waals surface area contributed by atoms with Crippen LogP contribution >= 0.6 is 0 Å². The van der Waals surface area contributed by atoms with E-state index in [2.05, 4.69) is 17.4 Å². The van der Waals surface area contributed by atoms with Crippen LogP contribution in [0.2, 0.25) is 0 Å². The highest BCUT2D eigenvalue weighted by Gasteiger charge is 2.33. The van der Waals surface area contributed by atoms with Crippen molar-refractivity contribution in [3.05, 3.63) is 35.9 Å². The fourth-order valence-corrected chi connectivity index (χ4v) is 2.17. The van der Waals surface area contributed by atoms with Crippen LogP contribution in [-0.4, -0.2) is 18.8 Å². The average Bonchev–Trinajstić information content (AvgIpc) is 2.69. The molecule has 1 atom stereocenters. The molecule has 1 aliphatic heterocycles. The van der Waals surface area contributed by atoms with Crippen LogP contribution in [0, 0.1) is 0 Å². The van der Waals surface area contributed by atoms with E-state index in [1.165, 1.54) is 5.56 Å². The van der Waals surface area contributed by atoms with Gasteiger partial charge in [0.25, 0.3) is 0 Å². The van der Waals surface area contributed by atoms with E-state index >= 15 is 0 Å². The number of nitrogens with one attached hydrogen (secondary N) is 1. The molecule has 2 rings (SSSR count). The largest absolute Gasteiger partial charge is 0.309 e. The van der Waals surface area contributed by atoms with Crippen LogP contribution in [0.15, 0.2) is 30.3 Å². The molecule has 0 aromatic heterocycles. The first kappa shape index (κ1) is 9.66. The normalized spacial score (nSPS) is 26.6. The molecule has 1 aliphatic rings. The van der Waals surface area contributed by atoms with Gasteiger partial charge in [-0.25, -0.2) is 4.39 Å². The van der Waals surface area contributed by atoms with Gasteiger partial charge in [0, 0.05) is 0 Å². The highest BCUT2D eigenvalue weighted by atomic mass is 19.1. The van der Waals surface area contributed by atoms with Gasteiger partial charge in [-0.3, -0.25) is 0 Å². The Morgan fingerprint density at radius 2 is 2.07 bits per heavy atom. The summed E-state index contributed by atoms with van der Waals surface area (Å²) in [4.78, 5) is 0. The van der Waals surface area contributed by atoms with E-state index in [-0.39, 0.29) is 12.2 Å². The first-order chi connectivity index (χ1) is 6.85. The van der Waals surface area contributed by atoms with E-state index in [1.54, 1.807) is 0 Å². The third-order valence-electron chi connectivity index (χ3n) is 2.97. The Balaban J connectivity index is 2.08. The molecular weight excluding hydrogens is 177 g/mol. The van der Waals surface area contributed by atoms with E-state index in [0.717, 1.165) is 25.8 Å². The van der Waals surface area contributed by atoms with Gasteiger partial charge in [0.2, 0.25) is 0 Å². The Hall–Kier alpha value is -0.890. The molecule has 0 spiro atoms. The lowest BCUT2D eigenvalue weighted by atomic mass is 9.91. The van der Waals surface area contributed by atoms with Gasteiger partial charge in [-0.05, 0) is 31.4 Å². The van der Waals surface area contributed by atoms with Gasteiger partial charge in [-0.1, -0.05) is 30.3 Å². The van der Waals surface area contributed by atoms with E-state index in [1.807, 2.05) is 18.2 Å². The minimum atomic E-state index is -0.276. The maximum Gasteiger partial charge on any atom is 0.108 e. The first-order valence-electron chi connectivity index (χ1n) is 5.20. The maximum atomic E-state index is 13.0. The molecule has 0 aliphatic carbocycles. The average molecular weight is 193 g/mol. The van der Waals surface area contributed by atoms with Crippen LogP contribution < -0.4 is 5.32 Å². The van der Waals surface area contributed by atoms with Crippen molar-refractivity contribution in [2.75, 3.05) is 13.2 Å². The molecule has 1 heterocycles. The number of rotatable bonds is 3. The zero-order chi connectivity index (χ0) is 9.86. The molecule has 1 saturated heterocycles. The van der Waals surface area contributed by atoms with Crippen LogP contribution in [0.25, 0.3) is 0 Å². The van der Waals surface area contributed by atoms with Crippen molar-refractivity contribution >= 4 is 0 Å². The van der Waals surface area contributed by atoms with Crippen molar-refractivity contribution in [2.24, 2.45) is 0 Å². The number of benzene rings is 1. The van der Waals surface area contributed by atoms with Gasteiger partial charge in [0.15, 0.2) is 0 Å². The number of hydrogen-bond donors (Lipinski definition) is 1. The van der Waals surface area contributed by atoms with Gasteiger partial charge in [-0.2, -0.15) is 0 Å². The number of hydrogen-bond acceptors (Lipinski definition) is 1. The molecule has 1 N–H and O–H groups in total. The van der Waals surface area contributed by atoms with Crippen LogP contribution in [0.1, 0.15) is 18.4 Å². The Morgan fingerprint density at radius 3 is 2.64 bits per heavy atom. The smallest absolute Gasteiger partial charge is 0.108 e. The van der Waals surface area contributed by atoms with Gasteiger partial charge in [0.1, 0.15) is 6.67 Å². The minimum Gasteiger partial charge on any atom is -0.309 e. The lowest BCUT2D eigenvalue weighted by Crippen LogP contribution is -2.44. The molecule has 0 radical (unpaired) electrons. The Bertz CT molecular complexity index is 278. The predicted molar refractivity (Wildman–Crippen MR) is 56.1 cm³/mol. The molecule has 0 saturated carbocycles. The quantitative estimate of drug-likeness (QED) is 0.776. The fourth-order valence-electron chi connectivity index (χ4n) is 2.17. The van der Waals surface area contributed by atoms with Crippen molar-refractivity contribution in [3.63, 3.8) is 0 Å². The third kappa shape index (κ3) is 1.95. The zero-order valence-electron chi connectivity index (χ0n) is 8.30. The lowest BCUT2D eigenvalue weighted by molar-refractivity contribution is 0.273. The third-order valence-corrected chi connectivity index (χ3v) is 2.97. The topological polar surface area (TPSA) is 12.0 Å².